The number of hydrazine groups is 1. The van der Waals surface area contributed by atoms with Crippen LogP contribution < -0.4 is 11.3 Å². The van der Waals surface area contributed by atoms with Crippen LogP contribution >= 0.6 is 0 Å². The molecule has 1 atom stereocenters. The van der Waals surface area contributed by atoms with E-state index in [1.54, 1.807) is 0 Å². The number of allylic oxidation sites excluding steroid dienone is 1. The molecule has 0 aromatic heterocycles. The Labute approximate surface area is 129 Å². The molecular weight excluding hydrogens is 256 g/mol. The van der Waals surface area contributed by atoms with Gasteiger partial charge in [0.15, 0.2) is 0 Å². The lowest BCUT2D eigenvalue weighted by molar-refractivity contribution is 0.553. The van der Waals surface area contributed by atoms with Crippen LogP contribution in [0.5, 0.6) is 0 Å². The van der Waals surface area contributed by atoms with Crippen LogP contribution in [0.25, 0.3) is 0 Å². The maximum Gasteiger partial charge on any atom is 0.0670 e. The van der Waals surface area contributed by atoms with E-state index in [-0.39, 0.29) is 11.5 Å². The van der Waals surface area contributed by atoms with E-state index in [1.807, 2.05) is 0 Å². The molecule has 0 saturated heterocycles. The van der Waals surface area contributed by atoms with E-state index < -0.39 is 0 Å². The Morgan fingerprint density at radius 2 is 1.67 bits per heavy atom. The van der Waals surface area contributed by atoms with Crippen molar-refractivity contribution in [1.82, 2.24) is 5.43 Å². The van der Waals surface area contributed by atoms with Crippen LogP contribution in [0.3, 0.4) is 0 Å². The number of hydrogen-bond donors (Lipinski definition) is 2. The van der Waals surface area contributed by atoms with Crippen molar-refractivity contribution in [1.29, 1.82) is 0 Å². The molecule has 2 heteroatoms. The number of nitrogens with two attached hydrogens (primary N) is 1. The van der Waals surface area contributed by atoms with E-state index in [0.717, 1.165) is 6.42 Å². The summed E-state index contributed by atoms with van der Waals surface area (Å²) in [4.78, 5) is 0. The van der Waals surface area contributed by atoms with Crippen LogP contribution in [0.2, 0.25) is 0 Å². The Bertz CT molecular complexity index is 465. The van der Waals surface area contributed by atoms with Crippen molar-refractivity contribution in [2.75, 3.05) is 0 Å². The average Bonchev–Trinajstić information content (AvgIpc) is 2.41. The fourth-order valence-electron chi connectivity index (χ4n) is 3.07. The zero-order valence-electron chi connectivity index (χ0n) is 13.8. The summed E-state index contributed by atoms with van der Waals surface area (Å²) in [5.74, 6) is 5.86. The Hall–Kier alpha value is -1.12. The first kappa shape index (κ1) is 16.3. The molecule has 0 heterocycles. The third-order valence-corrected chi connectivity index (χ3v) is 4.47. The molecule has 21 heavy (non-hydrogen) atoms. The van der Waals surface area contributed by atoms with Crippen LogP contribution in [0.15, 0.2) is 35.9 Å². The molecule has 0 spiro atoms. The number of benzene rings is 1. The van der Waals surface area contributed by atoms with E-state index in [1.165, 1.54) is 48.8 Å². The monoisotopic (exact) mass is 286 g/mol. The largest absolute Gasteiger partial charge is 0.271 e. The standard InChI is InChI=1S/C19H30N2/c1-19(2,3)17-13-11-16(12-14-17)18(21-20)15-9-7-5-4-6-8-10-15/h9,11-14,18,21H,4-8,10,20H2,1-3H3/b15-9+. The van der Waals surface area contributed by atoms with Gasteiger partial charge in [-0.3, -0.25) is 5.84 Å². The van der Waals surface area contributed by atoms with Gasteiger partial charge in [0.2, 0.25) is 0 Å². The third-order valence-electron chi connectivity index (χ3n) is 4.47. The first-order chi connectivity index (χ1) is 10.0. The normalized spacial score (nSPS) is 21.0. The highest BCUT2D eigenvalue weighted by atomic mass is 15.2. The number of nitrogens with one attached hydrogen (secondary N) is 1. The predicted octanol–water partition coefficient (Wildman–Crippen LogP) is 4.77. The Morgan fingerprint density at radius 3 is 2.29 bits per heavy atom. The van der Waals surface area contributed by atoms with Gasteiger partial charge >= 0.3 is 0 Å². The maximum atomic E-state index is 5.86. The van der Waals surface area contributed by atoms with Gasteiger partial charge in [-0.1, -0.05) is 69.5 Å². The van der Waals surface area contributed by atoms with Gasteiger partial charge in [-0.2, -0.15) is 0 Å². The number of hydrogen-bond acceptors (Lipinski definition) is 2. The van der Waals surface area contributed by atoms with Crippen LogP contribution in [0.4, 0.5) is 0 Å². The lowest BCUT2D eigenvalue weighted by atomic mass is 9.85. The van der Waals surface area contributed by atoms with Gasteiger partial charge in [-0.25, -0.2) is 5.43 Å². The molecule has 2 rings (SSSR count). The van der Waals surface area contributed by atoms with E-state index in [4.69, 9.17) is 5.84 Å². The maximum absolute atomic E-state index is 5.86. The minimum absolute atomic E-state index is 0.164. The SMILES string of the molecule is CC(C)(C)c1ccc(C(NN)/C2=C/CCCCCC2)cc1. The van der Waals surface area contributed by atoms with Gasteiger partial charge in [0.25, 0.3) is 0 Å². The van der Waals surface area contributed by atoms with Crippen molar-refractivity contribution in [3.63, 3.8) is 0 Å². The summed E-state index contributed by atoms with van der Waals surface area (Å²) in [6, 6.07) is 9.10. The summed E-state index contributed by atoms with van der Waals surface area (Å²) in [7, 11) is 0. The molecule has 2 nitrogen and oxygen atoms in total. The second kappa shape index (κ2) is 7.24. The third kappa shape index (κ3) is 4.42. The van der Waals surface area contributed by atoms with Gasteiger partial charge in [0, 0.05) is 0 Å². The highest BCUT2D eigenvalue weighted by molar-refractivity contribution is 5.33. The van der Waals surface area contributed by atoms with E-state index in [2.05, 4.69) is 56.5 Å². The number of rotatable bonds is 3. The molecule has 0 bridgehead atoms. The molecule has 1 aromatic carbocycles. The molecule has 1 aliphatic carbocycles. The minimum Gasteiger partial charge on any atom is -0.271 e. The van der Waals surface area contributed by atoms with E-state index >= 15 is 0 Å². The van der Waals surface area contributed by atoms with E-state index in [9.17, 15) is 0 Å². The van der Waals surface area contributed by atoms with Gasteiger partial charge in [0.05, 0.1) is 6.04 Å². The van der Waals surface area contributed by atoms with Crippen molar-refractivity contribution in [3.8, 4) is 0 Å². The van der Waals surface area contributed by atoms with Gasteiger partial charge in [-0.15, -0.1) is 0 Å². The summed E-state index contributed by atoms with van der Waals surface area (Å²) < 4.78 is 0. The average molecular weight is 286 g/mol. The Kier molecular flexibility index (Phi) is 5.60. The lowest BCUT2D eigenvalue weighted by Crippen LogP contribution is -2.29. The molecule has 1 aromatic rings. The molecule has 0 aliphatic heterocycles. The fourth-order valence-corrected chi connectivity index (χ4v) is 3.07. The second-order valence-electron chi connectivity index (χ2n) is 7.20. The molecule has 1 aliphatic rings. The van der Waals surface area contributed by atoms with Gasteiger partial charge < -0.3 is 0 Å². The smallest absolute Gasteiger partial charge is 0.0670 e. The predicted molar refractivity (Wildman–Crippen MR) is 91.0 cm³/mol. The summed E-state index contributed by atoms with van der Waals surface area (Å²) in [6.45, 7) is 6.74. The molecule has 116 valence electrons. The lowest BCUT2D eigenvalue weighted by Gasteiger charge is -2.24. The summed E-state index contributed by atoms with van der Waals surface area (Å²) >= 11 is 0. The minimum atomic E-state index is 0.164. The topological polar surface area (TPSA) is 38.0 Å². The Balaban J connectivity index is 2.20. The summed E-state index contributed by atoms with van der Waals surface area (Å²) in [5.41, 5.74) is 7.33. The van der Waals surface area contributed by atoms with Gasteiger partial charge in [-0.05, 0) is 42.2 Å². The second-order valence-corrected chi connectivity index (χ2v) is 7.20. The van der Waals surface area contributed by atoms with Gasteiger partial charge in [0.1, 0.15) is 0 Å². The molecular formula is C19H30N2. The van der Waals surface area contributed by atoms with Crippen molar-refractivity contribution in [2.24, 2.45) is 5.84 Å². The first-order valence-corrected chi connectivity index (χ1v) is 8.28. The Morgan fingerprint density at radius 1 is 1.00 bits per heavy atom. The van der Waals surface area contributed by atoms with Crippen molar-refractivity contribution >= 4 is 0 Å². The molecule has 0 fully saturated rings. The van der Waals surface area contributed by atoms with Crippen molar-refractivity contribution in [2.45, 2.75) is 70.8 Å². The highest BCUT2D eigenvalue weighted by Gasteiger charge is 2.18. The van der Waals surface area contributed by atoms with Crippen LogP contribution in [0.1, 0.15) is 76.5 Å². The molecule has 0 saturated carbocycles. The first-order valence-electron chi connectivity index (χ1n) is 8.28. The summed E-state index contributed by atoms with van der Waals surface area (Å²) in [6.07, 6.45) is 10.1. The van der Waals surface area contributed by atoms with Crippen molar-refractivity contribution < 1.29 is 0 Å². The van der Waals surface area contributed by atoms with E-state index in [0.29, 0.717) is 0 Å². The molecule has 1 unspecified atom stereocenters. The van der Waals surface area contributed by atoms with Crippen LogP contribution in [-0.2, 0) is 5.41 Å². The zero-order valence-corrected chi connectivity index (χ0v) is 13.8. The fraction of sp³-hybridized carbons (Fsp3) is 0.579. The zero-order chi connectivity index (χ0) is 15.3. The van der Waals surface area contributed by atoms with Crippen LogP contribution in [0, 0.1) is 0 Å². The van der Waals surface area contributed by atoms with Crippen molar-refractivity contribution in [3.05, 3.63) is 47.0 Å². The molecule has 3 N–H and O–H groups in total. The quantitative estimate of drug-likeness (QED) is 0.477. The molecule has 0 radical (unpaired) electrons. The molecule has 0 amide bonds. The highest BCUT2D eigenvalue weighted by Crippen LogP contribution is 2.30. The van der Waals surface area contributed by atoms with Crippen LogP contribution in [-0.4, -0.2) is 0 Å². The summed E-state index contributed by atoms with van der Waals surface area (Å²) in [5, 5.41) is 0.